The number of hydrogen-bond donors (Lipinski definition) is 2. The van der Waals surface area contributed by atoms with Crippen molar-refractivity contribution in [3.05, 3.63) is 34.4 Å². The number of piperazine rings is 1. The summed E-state index contributed by atoms with van der Waals surface area (Å²) in [5.41, 5.74) is 0.204. The van der Waals surface area contributed by atoms with E-state index in [0.717, 1.165) is 6.54 Å². The van der Waals surface area contributed by atoms with Crippen molar-refractivity contribution in [2.75, 3.05) is 24.5 Å². The lowest BCUT2D eigenvalue weighted by Gasteiger charge is -2.32. The predicted octanol–water partition coefficient (Wildman–Crippen LogP) is 0.860. The minimum Gasteiger partial charge on any atom is -0.351 e. The smallest absolute Gasteiger partial charge is 0.191 e. The Morgan fingerprint density at radius 1 is 1.53 bits per heavy atom. The van der Waals surface area contributed by atoms with E-state index in [1.54, 1.807) is 0 Å². The van der Waals surface area contributed by atoms with Crippen molar-refractivity contribution in [1.82, 2.24) is 15.3 Å². The van der Waals surface area contributed by atoms with Crippen molar-refractivity contribution in [1.29, 1.82) is 0 Å². The molecule has 0 saturated carbocycles. The molecule has 19 heavy (non-hydrogen) atoms. The number of aromatic nitrogens is 2. The number of pyridine rings is 2. The van der Waals surface area contributed by atoms with Crippen molar-refractivity contribution >= 4 is 16.9 Å². The highest BCUT2D eigenvalue weighted by molar-refractivity contribution is 5.76. The molecule has 1 unspecified atom stereocenters. The van der Waals surface area contributed by atoms with Crippen molar-refractivity contribution < 1.29 is 4.39 Å². The Bertz CT molecular complexity index is 669. The number of nitrogens with one attached hydrogen (secondary N) is 2. The monoisotopic (exact) mass is 262 g/mol. The average Bonchev–Trinajstić information content (AvgIpc) is 2.39. The average molecular weight is 262 g/mol. The maximum absolute atomic E-state index is 14.1. The third kappa shape index (κ3) is 2.19. The molecule has 1 aliphatic heterocycles. The molecule has 0 aromatic carbocycles. The van der Waals surface area contributed by atoms with E-state index in [9.17, 15) is 9.18 Å². The van der Waals surface area contributed by atoms with Crippen molar-refractivity contribution in [2.24, 2.45) is 0 Å². The molecule has 1 saturated heterocycles. The van der Waals surface area contributed by atoms with Crippen LogP contribution in [0.1, 0.15) is 6.92 Å². The maximum Gasteiger partial charge on any atom is 0.191 e. The predicted molar refractivity (Wildman–Crippen MR) is 72.0 cm³/mol. The van der Waals surface area contributed by atoms with Crippen LogP contribution in [0.5, 0.6) is 0 Å². The van der Waals surface area contributed by atoms with Gasteiger partial charge in [0.15, 0.2) is 17.1 Å². The Hall–Kier alpha value is -1.95. The Morgan fingerprint density at radius 3 is 3.16 bits per heavy atom. The topological polar surface area (TPSA) is 61.0 Å². The molecule has 0 spiro atoms. The zero-order valence-electron chi connectivity index (χ0n) is 10.6. The number of anilines is 1. The normalized spacial score (nSPS) is 19.9. The number of hydrogen-bond acceptors (Lipinski definition) is 4. The molecular weight excluding hydrogens is 247 g/mol. The first-order valence-electron chi connectivity index (χ1n) is 6.31. The fourth-order valence-electron chi connectivity index (χ4n) is 2.41. The molecule has 1 aliphatic rings. The molecule has 0 aliphatic carbocycles. The van der Waals surface area contributed by atoms with E-state index in [0.29, 0.717) is 30.6 Å². The third-order valence-corrected chi connectivity index (χ3v) is 3.35. The summed E-state index contributed by atoms with van der Waals surface area (Å²) in [4.78, 5) is 20.7. The van der Waals surface area contributed by atoms with E-state index in [-0.39, 0.29) is 10.8 Å². The number of nitrogens with zero attached hydrogens (tertiary/aromatic N) is 2. The summed E-state index contributed by atoms with van der Waals surface area (Å²) in [6.45, 7) is 4.25. The fourth-order valence-corrected chi connectivity index (χ4v) is 2.41. The molecule has 1 atom stereocenters. The number of halogens is 1. The van der Waals surface area contributed by atoms with Gasteiger partial charge >= 0.3 is 0 Å². The first kappa shape index (κ1) is 12.1. The Labute approximate surface area is 109 Å². The SMILES string of the molecule is CC1CN(c2nc3[nH]ccc(=O)c3cc2F)CCN1. The van der Waals surface area contributed by atoms with Crippen LogP contribution in [0.3, 0.4) is 0 Å². The van der Waals surface area contributed by atoms with Crippen LogP contribution in [0.4, 0.5) is 10.2 Å². The second kappa shape index (κ2) is 4.62. The van der Waals surface area contributed by atoms with Crippen LogP contribution in [0, 0.1) is 5.82 Å². The van der Waals surface area contributed by atoms with Crippen molar-refractivity contribution in [3.63, 3.8) is 0 Å². The van der Waals surface area contributed by atoms with Crippen LogP contribution in [0.25, 0.3) is 11.0 Å². The van der Waals surface area contributed by atoms with Crippen molar-refractivity contribution in [3.8, 4) is 0 Å². The second-order valence-electron chi connectivity index (χ2n) is 4.83. The van der Waals surface area contributed by atoms with E-state index in [1.165, 1.54) is 18.3 Å². The summed E-state index contributed by atoms with van der Waals surface area (Å²) in [6, 6.07) is 2.93. The van der Waals surface area contributed by atoms with E-state index < -0.39 is 5.82 Å². The molecule has 5 nitrogen and oxygen atoms in total. The lowest BCUT2D eigenvalue weighted by Crippen LogP contribution is -2.49. The van der Waals surface area contributed by atoms with Gasteiger partial charge in [0.1, 0.15) is 5.65 Å². The quantitative estimate of drug-likeness (QED) is 0.800. The van der Waals surface area contributed by atoms with E-state index in [2.05, 4.69) is 15.3 Å². The van der Waals surface area contributed by atoms with E-state index in [4.69, 9.17) is 0 Å². The lowest BCUT2D eigenvalue weighted by molar-refractivity contribution is 0.475. The van der Waals surface area contributed by atoms with Crippen LogP contribution < -0.4 is 15.6 Å². The molecule has 0 bridgehead atoms. The maximum atomic E-state index is 14.1. The highest BCUT2D eigenvalue weighted by Gasteiger charge is 2.20. The highest BCUT2D eigenvalue weighted by atomic mass is 19.1. The number of fused-ring (bicyclic) bond motifs is 1. The van der Waals surface area contributed by atoms with Crippen LogP contribution in [-0.4, -0.2) is 35.6 Å². The Balaban J connectivity index is 2.09. The third-order valence-electron chi connectivity index (χ3n) is 3.35. The van der Waals surface area contributed by atoms with Gasteiger partial charge in [-0.1, -0.05) is 0 Å². The molecule has 0 amide bonds. The summed E-state index contributed by atoms with van der Waals surface area (Å²) < 4.78 is 14.1. The van der Waals surface area contributed by atoms with Gasteiger partial charge in [-0.3, -0.25) is 4.79 Å². The molecule has 1 fully saturated rings. The fraction of sp³-hybridized carbons (Fsp3) is 0.385. The molecule has 0 radical (unpaired) electrons. The van der Waals surface area contributed by atoms with Crippen LogP contribution in [0.2, 0.25) is 0 Å². The van der Waals surface area contributed by atoms with E-state index >= 15 is 0 Å². The molecule has 6 heteroatoms. The van der Waals surface area contributed by atoms with Gasteiger partial charge in [0.05, 0.1) is 5.39 Å². The Kier molecular flexibility index (Phi) is 2.94. The van der Waals surface area contributed by atoms with Gasteiger partial charge in [-0.15, -0.1) is 0 Å². The highest BCUT2D eigenvalue weighted by Crippen LogP contribution is 2.20. The first-order valence-corrected chi connectivity index (χ1v) is 6.31. The summed E-state index contributed by atoms with van der Waals surface area (Å²) in [7, 11) is 0. The minimum absolute atomic E-state index is 0.222. The molecular formula is C13H15FN4O. The van der Waals surface area contributed by atoms with Gasteiger partial charge in [-0.25, -0.2) is 9.37 Å². The summed E-state index contributed by atoms with van der Waals surface area (Å²) in [5.74, 6) is -0.138. The van der Waals surface area contributed by atoms with Gasteiger partial charge < -0.3 is 15.2 Å². The molecule has 3 rings (SSSR count). The van der Waals surface area contributed by atoms with Crippen molar-refractivity contribution in [2.45, 2.75) is 13.0 Å². The minimum atomic E-state index is -0.446. The zero-order valence-corrected chi connectivity index (χ0v) is 10.6. The zero-order chi connectivity index (χ0) is 13.4. The number of aromatic amines is 1. The van der Waals surface area contributed by atoms with E-state index in [1.807, 2.05) is 11.8 Å². The summed E-state index contributed by atoms with van der Waals surface area (Å²) in [6.07, 6.45) is 1.53. The van der Waals surface area contributed by atoms with Gasteiger partial charge in [-0.2, -0.15) is 0 Å². The summed E-state index contributed by atoms with van der Waals surface area (Å²) in [5, 5.41) is 3.58. The van der Waals surface area contributed by atoms with Crippen LogP contribution >= 0.6 is 0 Å². The van der Waals surface area contributed by atoms with Gasteiger partial charge in [0.2, 0.25) is 0 Å². The van der Waals surface area contributed by atoms with Crippen LogP contribution in [-0.2, 0) is 0 Å². The number of rotatable bonds is 1. The molecule has 2 aromatic heterocycles. The lowest BCUT2D eigenvalue weighted by atomic mass is 10.2. The van der Waals surface area contributed by atoms with Gasteiger partial charge in [0, 0.05) is 37.9 Å². The van der Waals surface area contributed by atoms with Crippen LogP contribution in [0.15, 0.2) is 23.1 Å². The van der Waals surface area contributed by atoms with Gasteiger partial charge in [0.25, 0.3) is 0 Å². The molecule has 100 valence electrons. The van der Waals surface area contributed by atoms with Gasteiger partial charge in [-0.05, 0) is 13.0 Å². The summed E-state index contributed by atoms with van der Waals surface area (Å²) >= 11 is 0. The first-order chi connectivity index (χ1) is 9.15. The largest absolute Gasteiger partial charge is 0.351 e. The molecule has 2 N–H and O–H groups in total. The standard InChI is InChI=1S/C13H15FN4O/c1-8-7-18(5-4-15-8)13-10(14)6-9-11(19)2-3-16-12(9)17-13/h2-3,6,8,15H,4-5,7H2,1H3,(H,16,17,19). The Morgan fingerprint density at radius 2 is 2.37 bits per heavy atom. The molecule has 3 heterocycles. The molecule has 2 aromatic rings. The second-order valence-corrected chi connectivity index (χ2v) is 4.83. The number of H-pyrrole nitrogens is 1.